The van der Waals surface area contributed by atoms with Gasteiger partial charge in [-0.3, -0.25) is 4.79 Å². The van der Waals surface area contributed by atoms with Gasteiger partial charge >= 0.3 is 0 Å². The Kier molecular flexibility index (Phi) is 4.25. The number of carbonyl (C=O) groups is 1. The van der Waals surface area contributed by atoms with Crippen molar-refractivity contribution in [2.75, 3.05) is 20.1 Å². The predicted octanol–water partition coefficient (Wildman–Crippen LogP) is 1.67. The van der Waals surface area contributed by atoms with Crippen molar-refractivity contribution >= 4 is 5.91 Å². The van der Waals surface area contributed by atoms with Gasteiger partial charge in [-0.2, -0.15) is 0 Å². The number of hydrogen-bond acceptors (Lipinski definition) is 5. The zero-order valence-corrected chi connectivity index (χ0v) is 14.8. The third-order valence-electron chi connectivity index (χ3n) is 5.62. The van der Waals surface area contributed by atoms with Crippen LogP contribution in [0.15, 0.2) is 24.5 Å². The lowest BCUT2D eigenvalue weighted by atomic mass is 10.0. The number of aryl methyl sites for hydroxylation is 1. The molecule has 2 fully saturated rings. The summed E-state index contributed by atoms with van der Waals surface area (Å²) < 4.78 is 1.62. The molecule has 1 aromatic heterocycles. The van der Waals surface area contributed by atoms with Crippen LogP contribution in [0.3, 0.4) is 0 Å². The Morgan fingerprint density at radius 2 is 1.96 bits per heavy atom. The number of hydrogen-bond donors (Lipinski definition) is 0. The lowest BCUT2D eigenvalue weighted by Gasteiger charge is -2.33. The van der Waals surface area contributed by atoms with E-state index < -0.39 is 0 Å². The van der Waals surface area contributed by atoms with Gasteiger partial charge in [0.2, 0.25) is 0 Å². The average Bonchev–Trinajstić information content (AvgIpc) is 3.35. The summed E-state index contributed by atoms with van der Waals surface area (Å²) in [5.41, 5.74) is 2.64. The summed E-state index contributed by atoms with van der Waals surface area (Å²) >= 11 is 0. The average molecular weight is 340 g/mol. The van der Waals surface area contributed by atoms with Crippen molar-refractivity contribution in [1.29, 1.82) is 0 Å². The second kappa shape index (κ2) is 6.55. The largest absolute Gasteiger partial charge is 0.334 e. The molecule has 0 bridgehead atoms. The molecule has 4 rings (SSSR count). The number of rotatable bonds is 3. The Balaban J connectivity index is 1.57. The molecule has 0 unspecified atom stereocenters. The first-order chi connectivity index (χ1) is 12.1. The third kappa shape index (κ3) is 2.93. The molecular formula is C18H24N6O. The third-order valence-corrected chi connectivity index (χ3v) is 5.62. The monoisotopic (exact) mass is 340 g/mol. The molecule has 7 heteroatoms. The van der Waals surface area contributed by atoms with Crippen LogP contribution in [-0.4, -0.2) is 68.1 Å². The maximum atomic E-state index is 13.1. The van der Waals surface area contributed by atoms with Crippen molar-refractivity contribution in [3.05, 3.63) is 35.7 Å². The number of nitrogens with zero attached hydrogens (tertiary/aromatic N) is 6. The van der Waals surface area contributed by atoms with E-state index in [1.165, 1.54) is 12.8 Å². The predicted molar refractivity (Wildman–Crippen MR) is 93.6 cm³/mol. The molecule has 1 amide bonds. The second-order valence-electron chi connectivity index (χ2n) is 7.15. The normalized spacial score (nSPS) is 24.2. The molecule has 0 radical (unpaired) electrons. The van der Waals surface area contributed by atoms with E-state index in [-0.39, 0.29) is 5.91 Å². The van der Waals surface area contributed by atoms with Crippen LogP contribution in [0.4, 0.5) is 0 Å². The van der Waals surface area contributed by atoms with Crippen molar-refractivity contribution in [2.45, 2.75) is 44.7 Å². The lowest BCUT2D eigenvalue weighted by molar-refractivity contribution is 0.0664. The fourth-order valence-electron chi connectivity index (χ4n) is 4.35. The Morgan fingerprint density at radius 3 is 2.64 bits per heavy atom. The van der Waals surface area contributed by atoms with Gasteiger partial charge in [0, 0.05) is 24.2 Å². The van der Waals surface area contributed by atoms with Gasteiger partial charge in [-0.25, -0.2) is 4.68 Å². The van der Waals surface area contributed by atoms with Crippen LogP contribution in [0.25, 0.3) is 5.69 Å². The number of likely N-dealkylation sites (N-methyl/N-ethyl adjacent to an activating group) is 1. The highest BCUT2D eigenvalue weighted by Gasteiger charge is 2.38. The molecule has 25 heavy (non-hydrogen) atoms. The summed E-state index contributed by atoms with van der Waals surface area (Å²) in [5, 5.41) is 11.3. The SMILES string of the molecule is Cc1cc(C(=O)N2CCC[C@H]2[C@H]2CCCN2C)ccc1-n1cnnn1. The van der Waals surface area contributed by atoms with E-state index in [1.54, 1.807) is 11.0 Å². The van der Waals surface area contributed by atoms with Gasteiger partial charge in [-0.1, -0.05) is 0 Å². The van der Waals surface area contributed by atoms with E-state index in [0.29, 0.717) is 12.1 Å². The summed E-state index contributed by atoms with van der Waals surface area (Å²) in [6, 6.07) is 6.62. The Morgan fingerprint density at radius 1 is 1.16 bits per heavy atom. The van der Waals surface area contributed by atoms with E-state index >= 15 is 0 Å². The molecular weight excluding hydrogens is 316 g/mol. The van der Waals surface area contributed by atoms with Gasteiger partial charge in [0.15, 0.2) is 0 Å². The molecule has 2 saturated heterocycles. The minimum absolute atomic E-state index is 0.147. The summed E-state index contributed by atoms with van der Waals surface area (Å²) in [5.74, 6) is 0.147. The topological polar surface area (TPSA) is 67.2 Å². The van der Waals surface area contributed by atoms with Crippen LogP contribution in [0, 0.1) is 6.92 Å². The first kappa shape index (κ1) is 16.2. The van der Waals surface area contributed by atoms with Gasteiger partial charge < -0.3 is 9.80 Å². The molecule has 2 aliphatic rings. The van der Waals surface area contributed by atoms with Crippen molar-refractivity contribution < 1.29 is 4.79 Å². The van der Waals surface area contributed by atoms with Gasteiger partial charge in [-0.05, 0) is 80.4 Å². The highest BCUT2D eigenvalue weighted by atomic mass is 16.2. The summed E-state index contributed by atoms with van der Waals surface area (Å²) in [6.07, 6.45) is 6.21. The first-order valence-electron chi connectivity index (χ1n) is 9.00. The van der Waals surface area contributed by atoms with Gasteiger partial charge in [0.1, 0.15) is 6.33 Å². The van der Waals surface area contributed by atoms with E-state index in [0.717, 1.165) is 42.7 Å². The zero-order chi connectivity index (χ0) is 17.4. The molecule has 2 aliphatic heterocycles. The summed E-state index contributed by atoms with van der Waals surface area (Å²) in [7, 11) is 2.18. The standard InChI is InChI=1S/C18H24N6O/c1-13-11-14(7-8-15(13)24-12-19-20-21-24)18(25)23-10-4-6-17(23)16-5-3-9-22(16)2/h7-8,11-12,16-17H,3-6,9-10H2,1-2H3/t16-,17+/m1/s1. The van der Waals surface area contributed by atoms with Crippen molar-refractivity contribution in [2.24, 2.45) is 0 Å². The van der Waals surface area contributed by atoms with E-state index in [9.17, 15) is 4.79 Å². The second-order valence-corrected chi connectivity index (χ2v) is 7.15. The number of amides is 1. The van der Waals surface area contributed by atoms with E-state index in [4.69, 9.17) is 0 Å². The lowest BCUT2D eigenvalue weighted by Crippen LogP contribution is -2.47. The van der Waals surface area contributed by atoms with Crippen LogP contribution in [-0.2, 0) is 0 Å². The molecule has 0 N–H and O–H groups in total. The Labute approximate surface area is 147 Å². The quantitative estimate of drug-likeness (QED) is 0.850. The van der Waals surface area contributed by atoms with Crippen molar-refractivity contribution in [1.82, 2.24) is 30.0 Å². The van der Waals surface area contributed by atoms with E-state index in [1.807, 2.05) is 25.1 Å². The van der Waals surface area contributed by atoms with Gasteiger partial charge in [0.05, 0.1) is 5.69 Å². The highest BCUT2D eigenvalue weighted by molar-refractivity contribution is 5.95. The number of likely N-dealkylation sites (tertiary alicyclic amines) is 2. The maximum absolute atomic E-state index is 13.1. The van der Waals surface area contributed by atoms with Crippen LogP contribution in [0.2, 0.25) is 0 Å². The van der Waals surface area contributed by atoms with Crippen molar-refractivity contribution in [3.8, 4) is 5.69 Å². The molecule has 0 aliphatic carbocycles. The van der Waals surface area contributed by atoms with Crippen molar-refractivity contribution in [3.63, 3.8) is 0 Å². The zero-order valence-electron chi connectivity index (χ0n) is 14.8. The summed E-state index contributed by atoms with van der Waals surface area (Å²) in [4.78, 5) is 17.6. The van der Waals surface area contributed by atoms with E-state index in [2.05, 4.69) is 32.4 Å². The summed E-state index contributed by atoms with van der Waals surface area (Å²) in [6.45, 7) is 3.99. The van der Waals surface area contributed by atoms with Gasteiger partial charge in [-0.15, -0.1) is 5.10 Å². The number of carbonyl (C=O) groups excluding carboxylic acids is 1. The van der Waals surface area contributed by atoms with Crippen LogP contribution in [0.5, 0.6) is 0 Å². The molecule has 3 heterocycles. The van der Waals surface area contributed by atoms with Crippen LogP contribution < -0.4 is 0 Å². The molecule has 2 atom stereocenters. The molecule has 132 valence electrons. The Hall–Kier alpha value is -2.28. The number of tetrazole rings is 1. The highest BCUT2D eigenvalue weighted by Crippen LogP contribution is 2.30. The molecule has 0 spiro atoms. The molecule has 7 nitrogen and oxygen atoms in total. The smallest absolute Gasteiger partial charge is 0.254 e. The maximum Gasteiger partial charge on any atom is 0.254 e. The van der Waals surface area contributed by atoms with Gasteiger partial charge in [0.25, 0.3) is 5.91 Å². The molecule has 0 saturated carbocycles. The fourth-order valence-corrected chi connectivity index (χ4v) is 4.35. The Bertz CT molecular complexity index is 759. The molecule has 2 aromatic rings. The number of aromatic nitrogens is 4. The molecule has 1 aromatic carbocycles. The number of benzene rings is 1. The van der Waals surface area contributed by atoms with Crippen LogP contribution >= 0.6 is 0 Å². The first-order valence-corrected chi connectivity index (χ1v) is 9.00. The minimum atomic E-state index is 0.147. The van der Waals surface area contributed by atoms with Crippen LogP contribution in [0.1, 0.15) is 41.6 Å². The fraction of sp³-hybridized carbons (Fsp3) is 0.556. The minimum Gasteiger partial charge on any atom is -0.334 e.